The molecule has 1 N–H and O–H groups in total. The minimum atomic E-state index is -4.54. The highest BCUT2D eigenvalue weighted by Crippen LogP contribution is 2.33. The number of piperazine rings is 1. The summed E-state index contributed by atoms with van der Waals surface area (Å²) in [7, 11) is 0. The molecule has 1 amide bonds. The van der Waals surface area contributed by atoms with Gasteiger partial charge in [-0.3, -0.25) is 15.1 Å². The number of nitrogens with one attached hydrogen (secondary N) is 1. The van der Waals surface area contributed by atoms with Crippen molar-refractivity contribution in [3.05, 3.63) is 102 Å². The lowest BCUT2D eigenvalue weighted by Gasteiger charge is -2.34. The van der Waals surface area contributed by atoms with Gasteiger partial charge in [0.25, 0.3) is 5.91 Å². The van der Waals surface area contributed by atoms with Crippen LogP contribution >= 0.6 is 0 Å². The summed E-state index contributed by atoms with van der Waals surface area (Å²) in [6.45, 7) is 3.51. The summed E-state index contributed by atoms with van der Waals surface area (Å²) in [6.07, 6.45) is -6.56. The Morgan fingerprint density at radius 2 is 1.33 bits per heavy atom. The summed E-state index contributed by atoms with van der Waals surface area (Å²) in [5, 5.41) is 6.10. The van der Waals surface area contributed by atoms with Crippen molar-refractivity contribution in [3.8, 4) is 22.8 Å². The Labute approximate surface area is 243 Å². The largest absolute Gasteiger partial charge is 0.416 e. The van der Waals surface area contributed by atoms with Gasteiger partial charge >= 0.3 is 12.4 Å². The number of carbonyl (C=O) groups excluding carboxylic acids is 1. The van der Waals surface area contributed by atoms with Crippen LogP contribution in [0.4, 0.5) is 26.3 Å². The van der Waals surface area contributed by atoms with Gasteiger partial charge in [0.05, 0.1) is 11.1 Å². The first-order chi connectivity index (χ1) is 20.5. The van der Waals surface area contributed by atoms with Crippen LogP contribution in [-0.2, 0) is 23.7 Å². The molecule has 224 valence electrons. The molecule has 1 aliphatic heterocycles. The second-order valence-electron chi connectivity index (χ2n) is 9.89. The van der Waals surface area contributed by atoms with Crippen molar-refractivity contribution in [3.63, 3.8) is 0 Å². The SMILES string of the molecule is O=C(/C=C\n1nc(-c2ccc(C(F)(F)F)cc2)nc1-c1ccc(C(F)(F)F)cc1)NN1CCN(Cc2ccccc2)CC1. The summed E-state index contributed by atoms with van der Waals surface area (Å²) < 4.78 is 79.5. The number of aromatic nitrogens is 3. The Balaban J connectivity index is 1.31. The molecule has 0 unspecified atom stereocenters. The zero-order valence-electron chi connectivity index (χ0n) is 22.6. The predicted molar refractivity (Wildman–Crippen MR) is 148 cm³/mol. The number of halogens is 6. The van der Waals surface area contributed by atoms with Crippen LogP contribution in [0.1, 0.15) is 16.7 Å². The minimum Gasteiger partial charge on any atom is -0.296 e. The van der Waals surface area contributed by atoms with Crippen LogP contribution in [0.5, 0.6) is 0 Å². The van der Waals surface area contributed by atoms with E-state index in [1.54, 1.807) is 5.01 Å². The first kappa shape index (κ1) is 30.0. The number of hydrazine groups is 1. The molecule has 13 heteroatoms. The van der Waals surface area contributed by atoms with Crippen molar-refractivity contribution >= 4 is 12.1 Å². The molecule has 0 spiro atoms. The van der Waals surface area contributed by atoms with E-state index in [4.69, 9.17) is 0 Å². The lowest BCUT2D eigenvalue weighted by Crippen LogP contribution is -2.52. The van der Waals surface area contributed by atoms with Gasteiger partial charge in [0.2, 0.25) is 0 Å². The third-order valence-corrected chi connectivity index (χ3v) is 6.83. The fraction of sp³-hybridized carbons (Fsp3) is 0.233. The number of carbonyl (C=O) groups is 1. The lowest BCUT2D eigenvalue weighted by molar-refractivity contribution is -0.138. The molecule has 2 heterocycles. The van der Waals surface area contributed by atoms with Crippen LogP contribution in [0.15, 0.2) is 84.9 Å². The van der Waals surface area contributed by atoms with Crippen molar-refractivity contribution in [1.29, 1.82) is 0 Å². The molecule has 1 aliphatic rings. The molecule has 0 atom stereocenters. The van der Waals surface area contributed by atoms with Gasteiger partial charge in [-0.2, -0.15) is 26.3 Å². The van der Waals surface area contributed by atoms with Crippen LogP contribution in [0.3, 0.4) is 0 Å². The van der Waals surface area contributed by atoms with E-state index in [9.17, 15) is 31.1 Å². The molecular formula is C30H26F6N6O. The van der Waals surface area contributed by atoms with Crippen LogP contribution in [0.25, 0.3) is 29.0 Å². The molecule has 0 aliphatic carbocycles. The van der Waals surface area contributed by atoms with E-state index >= 15 is 0 Å². The normalized spacial score (nSPS) is 15.2. The van der Waals surface area contributed by atoms with Crippen molar-refractivity contribution in [1.82, 2.24) is 30.1 Å². The molecule has 7 nitrogen and oxygen atoms in total. The molecule has 43 heavy (non-hydrogen) atoms. The van der Waals surface area contributed by atoms with Gasteiger partial charge in [0, 0.05) is 56.1 Å². The third-order valence-electron chi connectivity index (χ3n) is 6.83. The fourth-order valence-corrected chi connectivity index (χ4v) is 4.55. The summed E-state index contributed by atoms with van der Waals surface area (Å²) in [5.41, 5.74) is 2.82. The van der Waals surface area contributed by atoms with E-state index < -0.39 is 29.4 Å². The van der Waals surface area contributed by atoms with Gasteiger partial charge in [-0.25, -0.2) is 14.7 Å². The Kier molecular flexibility index (Phi) is 8.64. The highest BCUT2D eigenvalue weighted by molar-refractivity contribution is 5.90. The van der Waals surface area contributed by atoms with E-state index in [0.717, 1.165) is 43.9 Å². The van der Waals surface area contributed by atoms with Crippen LogP contribution in [-0.4, -0.2) is 56.8 Å². The number of hydrogen-bond acceptors (Lipinski definition) is 5. The smallest absolute Gasteiger partial charge is 0.296 e. The Morgan fingerprint density at radius 1 is 0.767 bits per heavy atom. The molecular weight excluding hydrogens is 574 g/mol. The molecule has 0 saturated carbocycles. The Morgan fingerprint density at radius 3 is 1.88 bits per heavy atom. The first-order valence-corrected chi connectivity index (χ1v) is 13.3. The standard InChI is InChI=1S/C30H26F6N6O/c31-29(32,33)24-10-6-22(7-11-24)27-37-28(23-8-12-25(13-9-23)30(34,35)36)42(39-27)15-14-26(43)38-41-18-16-40(17-19-41)20-21-4-2-1-3-5-21/h1-15H,16-20H2,(H,38,43)/b15-14-. The van der Waals surface area contributed by atoms with Crippen molar-refractivity contribution in [2.24, 2.45) is 0 Å². The van der Waals surface area contributed by atoms with Gasteiger partial charge in [-0.1, -0.05) is 54.6 Å². The average Bonchev–Trinajstić information content (AvgIpc) is 3.41. The maximum absolute atomic E-state index is 13.1. The van der Waals surface area contributed by atoms with E-state index in [1.807, 2.05) is 18.2 Å². The van der Waals surface area contributed by atoms with E-state index in [-0.39, 0.29) is 22.8 Å². The number of nitrogens with zero attached hydrogens (tertiary/aromatic N) is 5. The lowest BCUT2D eigenvalue weighted by atomic mass is 10.1. The maximum atomic E-state index is 13.1. The number of alkyl halides is 6. The Hall–Kier alpha value is -4.49. The highest BCUT2D eigenvalue weighted by atomic mass is 19.4. The molecule has 1 aromatic heterocycles. The average molecular weight is 601 g/mol. The number of amides is 1. The van der Waals surface area contributed by atoms with Crippen LogP contribution in [0, 0.1) is 0 Å². The molecule has 4 aromatic rings. The zero-order chi connectivity index (χ0) is 30.6. The predicted octanol–water partition coefficient (Wildman–Crippen LogP) is 5.97. The summed E-state index contributed by atoms with van der Waals surface area (Å²) in [4.78, 5) is 19.4. The van der Waals surface area contributed by atoms with Gasteiger partial charge in [0.1, 0.15) is 0 Å². The number of rotatable bonds is 7. The van der Waals surface area contributed by atoms with Crippen LogP contribution < -0.4 is 5.43 Å². The summed E-state index contributed by atoms with van der Waals surface area (Å²) in [6, 6.07) is 18.4. The molecule has 5 rings (SSSR count). The number of benzene rings is 3. The monoisotopic (exact) mass is 600 g/mol. The Bertz CT molecular complexity index is 1560. The third kappa shape index (κ3) is 7.67. The molecule has 3 aromatic carbocycles. The summed E-state index contributed by atoms with van der Waals surface area (Å²) >= 11 is 0. The van der Waals surface area contributed by atoms with E-state index in [0.29, 0.717) is 13.1 Å². The zero-order valence-corrected chi connectivity index (χ0v) is 22.6. The molecule has 0 radical (unpaired) electrons. The molecule has 1 saturated heterocycles. The van der Waals surface area contributed by atoms with E-state index in [1.165, 1.54) is 46.8 Å². The minimum absolute atomic E-state index is 0.0308. The topological polar surface area (TPSA) is 66.3 Å². The highest BCUT2D eigenvalue weighted by Gasteiger charge is 2.31. The van der Waals surface area contributed by atoms with Crippen molar-refractivity contribution in [2.75, 3.05) is 26.2 Å². The van der Waals surface area contributed by atoms with Gasteiger partial charge < -0.3 is 0 Å². The molecule has 1 fully saturated rings. The second-order valence-corrected chi connectivity index (χ2v) is 9.89. The van der Waals surface area contributed by atoms with Crippen LogP contribution in [0.2, 0.25) is 0 Å². The van der Waals surface area contributed by atoms with E-state index in [2.05, 4.69) is 32.5 Å². The van der Waals surface area contributed by atoms with Crippen molar-refractivity contribution in [2.45, 2.75) is 18.9 Å². The van der Waals surface area contributed by atoms with Crippen molar-refractivity contribution < 1.29 is 31.1 Å². The maximum Gasteiger partial charge on any atom is 0.416 e. The quantitative estimate of drug-likeness (QED) is 0.209. The van der Waals surface area contributed by atoms with Gasteiger partial charge in [-0.05, 0) is 29.8 Å². The number of hydrogen-bond donors (Lipinski definition) is 1. The first-order valence-electron chi connectivity index (χ1n) is 13.3. The van der Waals surface area contributed by atoms with Gasteiger partial charge in [-0.15, -0.1) is 5.10 Å². The van der Waals surface area contributed by atoms with Gasteiger partial charge in [0.15, 0.2) is 11.6 Å². The summed E-state index contributed by atoms with van der Waals surface area (Å²) in [5.74, 6) is -0.327. The second kappa shape index (κ2) is 12.4. The fourth-order valence-electron chi connectivity index (χ4n) is 4.55. The molecule has 0 bridgehead atoms.